The van der Waals surface area contributed by atoms with Crippen LogP contribution in [0.3, 0.4) is 0 Å². The quantitative estimate of drug-likeness (QED) is 0.677. The molecule has 4 rings (SSSR count). The van der Waals surface area contributed by atoms with Gasteiger partial charge in [-0.05, 0) is 62.0 Å². The molecule has 0 aromatic carbocycles. The molecule has 3 fully saturated rings. The summed E-state index contributed by atoms with van der Waals surface area (Å²) >= 11 is 0. The Morgan fingerprint density at radius 2 is 1.86 bits per heavy atom. The molecule has 0 heterocycles. The van der Waals surface area contributed by atoms with Crippen molar-refractivity contribution in [1.29, 1.82) is 0 Å². The Morgan fingerprint density at radius 3 is 2.67 bits per heavy atom. The highest BCUT2D eigenvalue weighted by Crippen LogP contribution is 2.63. The van der Waals surface area contributed by atoms with Crippen LogP contribution in [0.25, 0.3) is 0 Å². The number of hydrogen-bond acceptors (Lipinski definition) is 2. The summed E-state index contributed by atoms with van der Waals surface area (Å²) < 4.78 is 0. The SMILES string of the molecule is C[C@]12C=CC(=O)C=C1CC[C@H]1[C@H]3CCC(=O)[C@]3(C)CC[C@@H]12. The fourth-order valence-electron chi connectivity index (χ4n) is 5.97. The molecule has 0 amide bonds. The maximum atomic E-state index is 12.3. The predicted molar refractivity (Wildman–Crippen MR) is 81.6 cm³/mol. The Hall–Kier alpha value is -1.18. The van der Waals surface area contributed by atoms with Crippen LogP contribution >= 0.6 is 0 Å². The topological polar surface area (TPSA) is 34.1 Å². The molecule has 4 aliphatic rings. The number of ketones is 2. The largest absolute Gasteiger partial charge is 0.299 e. The Kier molecular flexibility index (Phi) is 2.68. The van der Waals surface area contributed by atoms with E-state index >= 15 is 0 Å². The van der Waals surface area contributed by atoms with Gasteiger partial charge in [0, 0.05) is 17.3 Å². The summed E-state index contributed by atoms with van der Waals surface area (Å²) in [7, 11) is 0. The first-order valence-electron chi connectivity index (χ1n) is 8.43. The molecule has 5 atom stereocenters. The average molecular weight is 284 g/mol. The van der Waals surface area contributed by atoms with Gasteiger partial charge in [-0.25, -0.2) is 0 Å². The summed E-state index contributed by atoms with van der Waals surface area (Å²) in [5.74, 6) is 2.51. The summed E-state index contributed by atoms with van der Waals surface area (Å²) in [6, 6.07) is 0. The number of hydrogen-bond donors (Lipinski definition) is 0. The van der Waals surface area contributed by atoms with Crippen molar-refractivity contribution in [3.63, 3.8) is 0 Å². The van der Waals surface area contributed by atoms with Gasteiger partial charge in [-0.1, -0.05) is 25.5 Å². The van der Waals surface area contributed by atoms with Gasteiger partial charge >= 0.3 is 0 Å². The minimum atomic E-state index is -0.0487. The van der Waals surface area contributed by atoms with Crippen LogP contribution in [0.5, 0.6) is 0 Å². The molecule has 21 heavy (non-hydrogen) atoms. The smallest absolute Gasteiger partial charge is 0.178 e. The van der Waals surface area contributed by atoms with Gasteiger partial charge in [0.25, 0.3) is 0 Å². The molecule has 0 aliphatic heterocycles. The van der Waals surface area contributed by atoms with E-state index in [2.05, 4.69) is 19.9 Å². The number of carbonyl (C=O) groups is 2. The summed E-state index contributed by atoms with van der Waals surface area (Å²) in [6.45, 7) is 4.54. The lowest BCUT2D eigenvalue weighted by molar-refractivity contribution is -0.131. The van der Waals surface area contributed by atoms with Crippen molar-refractivity contribution in [2.24, 2.45) is 28.6 Å². The molecule has 0 radical (unpaired) electrons. The standard InChI is InChI=1S/C19H24O2/c1-18-9-7-13(20)11-12(18)3-4-14-15-5-6-17(21)19(15,2)10-8-16(14)18/h7,9,11,14-16H,3-6,8,10H2,1-2H3/t14-,15+,16-,18-,19+/m0/s1. The second-order valence-electron chi connectivity index (χ2n) is 8.02. The first-order chi connectivity index (χ1) is 9.95. The molecule has 2 heteroatoms. The second kappa shape index (κ2) is 4.18. The van der Waals surface area contributed by atoms with E-state index in [-0.39, 0.29) is 16.6 Å². The molecule has 0 aromatic rings. The van der Waals surface area contributed by atoms with Gasteiger partial charge in [-0.3, -0.25) is 9.59 Å². The van der Waals surface area contributed by atoms with E-state index in [0.29, 0.717) is 23.5 Å². The first kappa shape index (κ1) is 13.5. The van der Waals surface area contributed by atoms with E-state index in [4.69, 9.17) is 0 Å². The van der Waals surface area contributed by atoms with E-state index in [1.165, 1.54) is 12.0 Å². The van der Waals surface area contributed by atoms with Crippen LogP contribution in [0.1, 0.15) is 52.4 Å². The molecule has 0 aromatic heterocycles. The van der Waals surface area contributed by atoms with Gasteiger partial charge in [-0.2, -0.15) is 0 Å². The maximum absolute atomic E-state index is 12.3. The second-order valence-corrected chi connectivity index (χ2v) is 8.02. The number of Topliss-reactive ketones (excluding diaryl/α,β-unsaturated/α-hetero) is 1. The van der Waals surface area contributed by atoms with Crippen LogP contribution in [0, 0.1) is 28.6 Å². The lowest BCUT2D eigenvalue weighted by Gasteiger charge is -2.55. The molecule has 0 saturated heterocycles. The van der Waals surface area contributed by atoms with Crippen LogP contribution in [0.15, 0.2) is 23.8 Å². The number of allylic oxidation sites excluding steroid dienone is 4. The van der Waals surface area contributed by atoms with Gasteiger partial charge in [0.15, 0.2) is 5.78 Å². The Bertz CT molecular complexity index is 584. The summed E-state index contributed by atoms with van der Waals surface area (Å²) in [6.07, 6.45) is 12.1. The van der Waals surface area contributed by atoms with Gasteiger partial charge in [0.2, 0.25) is 0 Å². The van der Waals surface area contributed by atoms with Crippen LogP contribution in [-0.2, 0) is 9.59 Å². The van der Waals surface area contributed by atoms with Crippen molar-refractivity contribution in [1.82, 2.24) is 0 Å². The van der Waals surface area contributed by atoms with Gasteiger partial charge < -0.3 is 0 Å². The van der Waals surface area contributed by atoms with Gasteiger partial charge in [-0.15, -0.1) is 0 Å². The van der Waals surface area contributed by atoms with Crippen molar-refractivity contribution in [3.05, 3.63) is 23.8 Å². The van der Waals surface area contributed by atoms with Crippen molar-refractivity contribution in [2.45, 2.75) is 52.4 Å². The van der Waals surface area contributed by atoms with Crippen LogP contribution in [0.2, 0.25) is 0 Å². The van der Waals surface area contributed by atoms with E-state index in [1.54, 1.807) is 6.08 Å². The van der Waals surface area contributed by atoms with Crippen molar-refractivity contribution in [3.8, 4) is 0 Å². The van der Waals surface area contributed by atoms with E-state index < -0.39 is 0 Å². The molecule has 4 aliphatic carbocycles. The van der Waals surface area contributed by atoms with Crippen molar-refractivity contribution >= 4 is 11.6 Å². The zero-order chi connectivity index (χ0) is 14.8. The minimum absolute atomic E-state index is 0.0487. The molecule has 0 spiro atoms. The highest BCUT2D eigenvalue weighted by molar-refractivity contribution is 6.01. The van der Waals surface area contributed by atoms with Gasteiger partial charge in [0.1, 0.15) is 5.78 Å². The molecule has 0 bridgehead atoms. The third kappa shape index (κ3) is 1.65. The Morgan fingerprint density at radius 1 is 1.05 bits per heavy atom. The number of rotatable bonds is 0. The third-order valence-corrected chi connectivity index (χ3v) is 7.27. The molecule has 2 nitrogen and oxygen atoms in total. The zero-order valence-electron chi connectivity index (χ0n) is 13.0. The zero-order valence-corrected chi connectivity index (χ0v) is 13.0. The van der Waals surface area contributed by atoms with Crippen LogP contribution < -0.4 is 0 Å². The lowest BCUT2D eigenvalue weighted by atomic mass is 9.48. The molecule has 0 unspecified atom stereocenters. The number of carbonyl (C=O) groups excluding carboxylic acids is 2. The fraction of sp³-hybridized carbons (Fsp3) is 0.684. The number of fused-ring (bicyclic) bond motifs is 5. The Labute approximate surface area is 126 Å². The normalized spacial score (nSPS) is 48.5. The van der Waals surface area contributed by atoms with E-state index in [9.17, 15) is 9.59 Å². The molecule has 0 N–H and O–H groups in total. The monoisotopic (exact) mass is 284 g/mol. The molecule has 3 saturated carbocycles. The first-order valence-corrected chi connectivity index (χ1v) is 8.43. The predicted octanol–water partition coefficient (Wildman–Crippen LogP) is 3.86. The lowest BCUT2D eigenvalue weighted by Crippen LogP contribution is -2.49. The molecular formula is C19H24O2. The fourth-order valence-corrected chi connectivity index (χ4v) is 5.97. The van der Waals surface area contributed by atoms with Gasteiger partial charge in [0.05, 0.1) is 0 Å². The molecular weight excluding hydrogens is 260 g/mol. The summed E-state index contributed by atoms with van der Waals surface area (Å²) in [5, 5.41) is 0. The Balaban J connectivity index is 1.72. The molecule has 112 valence electrons. The van der Waals surface area contributed by atoms with E-state index in [1.807, 2.05) is 6.08 Å². The highest BCUT2D eigenvalue weighted by atomic mass is 16.1. The van der Waals surface area contributed by atoms with Crippen molar-refractivity contribution in [2.75, 3.05) is 0 Å². The average Bonchev–Trinajstić information content (AvgIpc) is 2.76. The summed E-state index contributed by atoms with van der Waals surface area (Å²) in [5.41, 5.74) is 1.35. The third-order valence-electron chi connectivity index (χ3n) is 7.27. The summed E-state index contributed by atoms with van der Waals surface area (Å²) in [4.78, 5) is 24.0. The van der Waals surface area contributed by atoms with E-state index in [0.717, 1.165) is 32.1 Å². The van der Waals surface area contributed by atoms with Crippen molar-refractivity contribution < 1.29 is 9.59 Å². The minimum Gasteiger partial charge on any atom is -0.299 e. The highest BCUT2D eigenvalue weighted by Gasteiger charge is 2.58. The maximum Gasteiger partial charge on any atom is 0.178 e. The van der Waals surface area contributed by atoms with Crippen LogP contribution in [0.4, 0.5) is 0 Å². The van der Waals surface area contributed by atoms with Crippen LogP contribution in [-0.4, -0.2) is 11.6 Å².